The van der Waals surface area contributed by atoms with E-state index in [-0.39, 0.29) is 16.4 Å². The van der Waals surface area contributed by atoms with Crippen molar-refractivity contribution in [1.82, 2.24) is 10.1 Å². The minimum absolute atomic E-state index is 0.129. The van der Waals surface area contributed by atoms with Crippen LogP contribution >= 0.6 is 23.2 Å². The molecule has 0 aromatic carbocycles. The molecule has 128 valence electrons. The number of rotatable bonds is 5. The number of ether oxygens (including phenoxy) is 1. The molecule has 1 unspecified atom stereocenters. The molecule has 0 aliphatic rings. The smallest absolute Gasteiger partial charge is 0.344 e. The van der Waals surface area contributed by atoms with Gasteiger partial charge < -0.3 is 14.6 Å². The number of pyridine rings is 1. The maximum atomic E-state index is 12.2. The summed E-state index contributed by atoms with van der Waals surface area (Å²) in [4.78, 5) is 28.3. The van der Waals surface area contributed by atoms with Gasteiger partial charge in [0, 0.05) is 6.20 Å². The number of aromatic nitrogens is 2. The molecule has 0 saturated carbocycles. The molecule has 1 N–H and O–H groups in total. The number of anilines is 1. The number of nitrogens with zero attached hydrogens (tertiary/aromatic N) is 2. The Labute approximate surface area is 148 Å². The Balaban J connectivity index is 2.06. The summed E-state index contributed by atoms with van der Waals surface area (Å²) in [7, 11) is 0. The second-order valence-corrected chi connectivity index (χ2v) is 5.78. The average molecular weight is 372 g/mol. The second-order valence-electron chi connectivity index (χ2n) is 4.93. The van der Waals surface area contributed by atoms with Gasteiger partial charge in [0.25, 0.3) is 5.91 Å². The van der Waals surface area contributed by atoms with Crippen LogP contribution in [0.2, 0.25) is 10.0 Å². The molecule has 2 heterocycles. The maximum Gasteiger partial charge on any atom is 0.344 e. The third-order valence-corrected chi connectivity index (χ3v) is 3.67. The van der Waals surface area contributed by atoms with Crippen LogP contribution in [0.4, 0.5) is 5.82 Å². The number of amides is 1. The fourth-order valence-corrected chi connectivity index (χ4v) is 2.35. The zero-order chi connectivity index (χ0) is 17.9. The number of nitrogens with one attached hydrogen (secondary N) is 1. The highest BCUT2D eigenvalue weighted by Gasteiger charge is 2.25. The number of esters is 1. The van der Waals surface area contributed by atoms with Gasteiger partial charge in [0.05, 0.1) is 15.7 Å². The van der Waals surface area contributed by atoms with Gasteiger partial charge in [0.15, 0.2) is 11.9 Å². The Bertz CT molecular complexity index is 776. The fourth-order valence-electron chi connectivity index (χ4n) is 1.92. The van der Waals surface area contributed by atoms with Crippen molar-refractivity contribution in [3.05, 3.63) is 39.3 Å². The van der Waals surface area contributed by atoms with Gasteiger partial charge in [0.1, 0.15) is 11.3 Å². The number of aryl methyl sites for hydroxylation is 2. The van der Waals surface area contributed by atoms with Gasteiger partial charge in [-0.1, -0.05) is 35.3 Å². The SMILES string of the molecule is CCc1noc(C)c1C(=O)OC(C)C(=O)Nc1ncc(Cl)cc1Cl. The summed E-state index contributed by atoms with van der Waals surface area (Å²) >= 11 is 11.7. The molecule has 1 atom stereocenters. The molecular weight excluding hydrogens is 357 g/mol. The van der Waals surface area contributed by atoms with E-state index in [1.807, 2.05) is 6.92 Å². The van der Waals surface area contributed by atoms with Crippen LogP contribution in [-0.2, 0) is 16.0 Å². The Morgan fingerprint density at radius 1 is 1.42 bits per heavy atom. The highest BCUT2D eigenvalue weighted by Crippen LogP contribution is 2.23. The Hall–Kier alpha value is -2.12. The van der Waals surface area contributed by atoms with Gasteiger partial charge in [0.2, 0.25) is 0 Å². The summed E-state index contributed by atoms with van der Waals surface area (Å²) in [5.74, 6) is -0.785. The molecule has 2 aromatic heterocycles. The van der Waals surface area contributed by atoms with Crippen LogP contribution in [0.3, 0.4) is 0 Å². The third kappa shape index (κ3) is 4.04. The summed E-state index contributed by atoms with van der Waals surface area (Å²) < 4.78 is 10.1. The summed E-state index contributed by atoms with van der Waals surface area (Å²) in [6.07, 6.45) is 0.783. The molecule has 7 nitrogen and oxygen atoms in total. The molecule has 24 heavy (non-hydrogen) atoms. The lowest BCUT2D eigenvalue weighted by atomic mass is 10.1. The standard InChI is InChI=1S/C15H15Cl2N3O4/c1-4-11-12(7(2)24-20-11)15(22)23-8(3)14(21)19-13-10(17)5-9(16)6-18-13/h5-6,8H,4H2,1-3H3,(H,18,19,21). The van der Waals surface area contributed by atoms with Crippen LogP contribution in [0, 0.1) is 6.92 Å². The monoisotopic (exact) mass is 371 g/mol. The number of hydrogen-bond donors (Lipinski definition) is 1. The van der Waals surface area contributed by atoms with Crippen molar-refractivity contribution in [1.29, 1.82) is 0 Å². The van der Waals surface area contributed by atoms with Crippen molar-refractivity contribution >= 4 is 40.9 Å². The molecule has 0 spiro atoms. The van der Waals surface area contributed by atoms with Gasteiger partial charge in [-0.05, 0) is 26.3 Å². The van der Waals surface area contributed by atoms with E-state index >= 15 is 0 Å². The lowest BCUT2D eigenvalue weighted by Gasteiger charge is -2.13. The predicted molar refractivity (Wildman–Crippen MR) is 88.4 cm³/mol. The van der Waals surface area contributed by atoms with E-state index in [0.717, 1.165) is 0 Å². The molecule has 0 radical (unpaired) electrons. The van der Waals surface area contributed by atoms with Crippen LogP contribution in [0.15, 0.2) is 16.8 Å². The van der Waals surface area contributed by atoms with E-state index in [9.17, 15) is 9.59 Å². The van der Waals surface area contributed by atoms with Gasteiger partial charge in [-0.15, -0.1) is 0 Å². The zero-order valence-electron chi connectivity index (χ0n) is 13.2. The first-order chi connectivity index (χ1) is 11.3. The number of carbonyl (C=O) groups is 2. The highest BCUT2D eigenvalue weighted by molar-refractivity contribution is 6.36. The van der Waals surface area contributed by atoms with Crippen LogP contribution < -0.4 is 5.32 Å². The summed E-state index contributed by atoms with van der Waals surface area (Å²) in [5, 5.41) is 6.77. The topological polar surface area (TPSA) is 94.3 Å². The first kappa shape index (κ1) is 18.2. The van der Waals surface area contributed by atoms with E-state index in [0.29, 0.717) is 22.9 Å². The van der Waals surface area contributed by atoms with Crippen LogP contribution in [0.1, 0.15) is 35.7 Å². The first-order valence-corrected chi connectivity index (χ1v) is 7.87. The van der Waals surface area contributed by atoms with Crippen LogP contribution in [-0.4, -0.2) is 28.1 Å². The Kier molecular flexibility index (Phi) is 5.80. The number of hydrogen-bond acceptors (Lipinski definition) is 6. The largest absolute Gasteiger partial charge is 0.449 e. The van der Waals surface area contributed by atoms with Gasteiger partial charge >= 0.3 is 5.97 Å². The molecule has 0 saturated heterocycles. The lowest BCUT2D eigenvalue weighted by Crippen LogP contribution is -2.30. The predicted octanol–water partition coefficient (Wildman–Crippen LogP) is 3.43. The fraction of sp³-hybridized carbons (Fsp3) is 0.333. The molecule has 0 fully saturated rings. The van der Waals surface area contributed by atoms with Gasteiger partial charge in [-0.2, -0.15) is 0 Å². The Morgan fingerprint density at radius 2 is 2.12 bits per heavy atom. The number of halogens is 2. The lowest BCUT2D eigenvalue weighted by molar-refractivity contribution is -0.123. The molecule has 2 aromatic rings. The van der Waals surface area contributed by atoms with Crippen molar-refractivity contribution in [2.45, 2.75) is 33.3 Å². The molecule has 2 rings (SSSR count). The van der Waals surface area contributed by atoms with Crippen molar-refractivity contribution in [3.8, 4) is 0 Å². The van der Waals surface area contributed by atoms with Crippen molar-refractivity contribution < 1.29 is 18.8 Å². The zero-order valence-corrected chi connectivity index (χ0v) is 14.7. The van der Waals surface area contributed by atoms with Crippen LogP contribution in [0.5, 0.6) is 0 Å². The van der Waals surface area contributed by atoms with E-state index in [1.54, 1.807) is 6.92 Å². The summed E-state index contributed by atoms with van der Waals surface area (Å²) in [6.45, 7) is 4.87. The van der Waals surface area contributed by atoms with Crippen molar-refractivity contribution in [3.63, 3.8) is 0 Å². The molecule has 0 aliphatic heterocycles. The quantitative estimate of drug-likeness (QED) is 0.808. The maximum absolute atomic E-state index is 12.2. The molecular formula is C15H15Cl2N3O4. The summed E-state index contributed by atoms with van der Waals surface area (Å²) in [5.41, 5.74) is 0.715. The molecule has 9 heteroatoms. The third-order valence-electron chi connectivity index (χ3n) is 3.17. The second kappa shape index (κ2) is 7.63. The van der Waals surface area contributed by atoms with E-state index in [2.05, 4.69) is 15.5 Å². The van der Waals surface area contributed by atoms with Crippen molar-refractivity contribution in [2.24, 2.45) is 0 Å². The van der Waals surface area contributed by atoms with E-state index < -0.39 is 18.0 Å². The van der Waals surface area contributed by atoms with Crippen LogP contribution in [0.25, 0.3) is 0 Å². The van der Waals surface area contributed by atoms with Gasteiger partial charge in [-0.3, -0.25) is 4.79 Å². The Morgan fingerprint density at radius 3 is 2.75 bits per heavy atom. The van der Waals surface area contributed by atoms with E-state index in [1.165, 1.54) is 19.2 Å². The molecule has 0 aliphatic carbocycles. The van der Waals surface area contributed by atoms with Gasteiger partial charge in [-0.25, -0.2) is 9.78 Å². The normalized spacial score (nSPS) is 11.9. The summed E-state index contributed by atoms with van der Waals surface area (Å²) in [6, 6.07) is 1.44. The number of carbonyl (C=O) groups excluding carboxylic acids is 2. The highest BCUT2D eigenvalue weighted by atomic mass is 35.5. The van der Waals surface area contributed by atoms with Crippen molar-refractivity contribution in [2.75, 3.05) is 5.32 Å². The average Bonchev–Trinajstić information content (AvgIpc) is 2.90. The minimum atomic E-state index is -1.06. The minimum Gasteiger partial charge on any atom is -0.449 e. The molecule has 1 amide bonds. The first-order valence-electron chi connectivity index (χ1n) is 7.11. The molecule has 0 bridgehead atoms. The van der Waals surface area contributed by atoms with E-state index in [4.69, 9.17) is 32.5 Å².